The summed E-state index contributed by atoms with van der Waals surface area (Å²) in [6.07, 6.45) is 9.09. The van der Waals surface area contributed by atoms with Crippen LogP contribution in [0.2, 0.25) is 0 Å². The van der Waals surface area contributed by atoms with Gasteiger partial charge in [0.05, 0.1) is 5.92 Å². The summed E-state index contributed by atoms with van der Waals surface area (Å²) in [5.41, 5.74) is 7.99. The number of anilines is 3. The second-order valence-electron chi connectivity index (χ2n) is 8.98. The van der Waals surface area contributed by atoms with Crippen molar-refractivity contribution in [3.8, 4) is 0 Å². The van der Waals surface area contributed by atoms with Crippen molar-refractivity contribution in [2.75, 3.05) is 23.7 Å². The van der Waals surface area contributed by atoms with Crippen LogP contribution in [0.25, 0.3) is 0 Å². The number of nitrogens with one attached hydrogen (secondary N) is 2. The molecule has 4 atom stereocenters. The molecule has 32 heavy (non-hydrogen) atoms. The monoisotopic (exact) mass is 432 g/mol. The quantitative estimate of drug-likeness (QED) is 0.605. The summed E-state index contributed by atoms with van der Waals surface area (Å²) in [6, 6.07) is 7.35. The third-order valence-corrected chi connectivity index (χ3v) is 6.82. The first-order valence-corrected chi connectivity index (χ1v) is 11.2. The molecular weight excluding hydrogens is 404 g/mol. The number of allylic oxidation sites excluding steroid dienone is 1. The molecule has 4 N–H and O–H groups in total. The Balaban J connectivity index is 1.33. The Morgan fingerprint density at radius 2 is 1.94 bits per heavy atom. The van der Waals surface area contributed by atoms with Crippen molar-refractivity contribution < 1.29 is 9.59 Å². The Bertz CT molecular complexity index is 1080. The fraction of sp³-hybridized carbons (Fsp3) is 0.417. The number of primary amides is 1. The van der Waals surface area contributed by atoms with Gasteiger partial charge in [-0.15, -0.1) is 0 Å². The number of amides is 2. The highest BCUT2D eigenvalue weighted by Gasteiger charge is 2.47. The van der Waals surface area contributed by atoms with Crippen LogP contribution < -0.4 is 16.4 Å². The molecule has 2 bridgehead atoms. The van der Waals surface area contributed by atoms with Crippen molar-refractivity contribution in [1.29, 1.82) is 0 Å². The molecule has 0 radical (unpaired) electrons. The van der Waals surface area contributed by atoms with Gasteiger partial charge >= 0.3 is 0 Å². The van der Waals surface area contributed by atoms with Gasteiger partial charge in [-0.05, 0) is 56.2 Å². The molecule has 2 aliphatic carbocycles. The van der Waals surface area contributed by atoms with Gasteiger partial charge in [-0.25, -0.2) is 4.98 Å². The molecule has 1 aromatic heterocycles. The van der Waals surface area contributed by atoms with E-state index in [1.54, 1.807) is 6.20 Å². The van der Waals surface area contributed by atoms with Gasteiger partial charge in [0.1, 0.15) is 5.82 Å². The topological polar surface area (TPSA) is 113 Å². The first-order valence-electron chi connectivity index (χ1n) is 11.2. The lowest BCUT2D eigenvalue weighted by molar-refractivity contribution is -0.122. The smallest absolute Gasteiger partial charge is 0.253 e. The van der Waals surface area contributed by atoms with Crippen LogP contribution in [0, 0.1) is 24.7 Å². The van der Waals surface area contributed by atoms with Crippen molar-refractivity contribution in [3.05, 3.63) is 53.7 Å². The third kappa shape index (κ3) is 3.81. The summed E-state index contributed by atoms with van der Waals surface area (Å²) in [6.45, 7) is 3.57. The minimum Gasteiger partial charge on any atom is -0.369 e. The Kier molecular flexibility index (Phi) is 5.28. The normalized spacial score (nSPS) is 25.8. The number of rotatable bonds is 6. The number of nitrogens with zero attached hydrogens (tertiary/aromatic N) is 3. The van der Waals surface area contributed by atoms with E-state index in [4.69, 9.17) is 5.73 Å². The average molecular weight is 433 g/mol. The second-order valence-corrected chi connectivity index (χ2v) is 8.98. The van der Waals surface area contributed by atoms with Crippen LogP contribution in [0.3, 0.4) is 0 Å². The summed E-state index contributed by atoms with van der Waals surface area (Å²) < 4.78 is 0. The molecule has 8 nitrogen and oxygen atoms in total. The van der Waals surface area contributed by atoms with Crippen LogP contribution in [0.4, 0.5) is 17.5 Å². The molecule has 4 unspecified atom stereocenters. The zero-order valence-electron chi connectivity index (χ0n) is 18.1. The van der Waals surface area contributed by atoms with Crippen LogP contribution in [0.1, 0.15) is 35.2 Å². The van der Waals surface area contributed by atoms with Gasteiger partial charge in [-0.1, -0.05) is 18.2 Å². The van der Waals surface area contributed by atoms with Crippen molar-refractivity contribution in [2.45, 2.75) is 32.2 Å². The number of fused-ring (bicyclic) bond motifs is 2. The van der Waals surface area contributed by atoms with Gasteiger partial charge in [0, 0.05) is 42.1 Å². The summed E-state index contributed by atoms with van der Waals surface area (Å²) in [4.78, 5) is 35.7. The molecule has 5 rings (SSSR count). The molecule has 166 valence electrons. The highest BCUT2D eigenvalue weighted by atomic mass is 16.2. The van der Waals surface area contributed by atoms with Crippen molar-refractivity contribution >= 4 is 29.3 Å². The highest BCUT2D eigenvalue weighted by molar-refractivity contribution is 5.95. The molecule has 1 saturated carbocycles. The van der Waals surface area contributed by atoms with Gasteiger partial charge in [0.2, 0.25) is 11.9 Å². The molecule has 2 fully saturated rings. The summed E-state index contributed by atoms with van der Waals surface area (Å²) in [5.74, 6) is 1.14. The summed E-state index contributed by atoms with van der Waals surface area (Å²) in [5, 5.41) is 6.67. The summed E-state index contributed by atoms with van der Waals surface area (Å²) >= 11 is 0. The van der Waals surface area contributed by atoms with E-state index in [2.05, 4.69) is 32.8 Å². The average Bonchev–Trinajstić information content (AvgIpc) is 3.53. The molecule has 1 aliphatic heterocycles. The van der Waals surface area contributed by atoms with Crippen molar-refractivity contribution in [2.24, 2.45) is 23.5 Å². The molecular formula is C24H28N6O2. The number of carbonyl (C=O) groups excluding carboxylic acids is 2. The lowest BCUT2D eigenvalue weighted by atomic mass is 9.88. The Morgan fingerprint density at radius 1 is 1.16 bits per heavy atom. The number of benzene rings is 1. The fourth-order valence-corrected chi connectivity index (χ4v) is 5.18. The predicted octanol–water partition coefficient (Wildman–Crippen LogP) is 2.85. The molecule has 2 heterocycles. The number of likely N-dealkylation sites (tertiary alicyclic amines) is 1. The van der Waals surface area contributed by atoms with Gasteiger partial charge in [-0.3, -0.25) is 9.59 Å². The number of hydrogen-bond acceptors (Lipinski definition) is 6. The van der Waals surface area contributed by atoms with E-state index in [1.165, 1.54) is 0 Å². The molecule has 1 saturated heterocycles. The summed E-state index contributed by atoms with van der Waals surface area (Å²) in [7, 11) is 0. The number of aromatic nitrogens is 2. The lowest BCUT2D eigenvalue weighted by Gasteiger charge is -2.27. The highest BCUT2D eigenvalue weighted by Crippen LogP contribution is 2.45. The van der Waals surface area contributed by atoms with Gasteiger partial charge in [0.25, 0.3) is 5.91 Å². The third-order valence-electron chi connectivity index (χ3n) is 6.82. The lowest BCUT2D eigenvalue weighted by Crippen LogP contribution is -2.41. The Morgan fingerprint density at radius 3 is 2.72 bits per heavy atom. The van der Waals surface area contributed by atoms with Gasteiger partial charge in [-0.2, -0.15) is 4.98 Å². The SMILES string of the molecule is Cc1cnc(Nc2cccc(C(=O)N3CCCC3)c2)nc1NC1C2C=CC(C2)C1C(N)=O. The van der Waals surface area contributed by atoms with E-state index in [9.17, 15) is 9.59 Å². The van der Waals surface area contributed by atoms with Crippen molar-refractivity contribution in [3.63, 3.8) is 0 Å². The van der Waals surface area contributed by atoms with Gasteiger partial charge < -0.3 is 21.3 Å². The number of hydrogen-bond donors (Lipinski definition) is 3. The molecule has 2 amide bonds. The fourth-order valence-electron chi connectivity index (χ4n) is 5.18. The maximum absolute atomic E-state index is 12.7. The minimum atomic E-state index is -0.274. The second kappa shape index (κ2) is 8.26. The molecule has 2 aromatic rings. The zero-order valence-corrected chi connectivity index (χ0v) is 18.1. The van der Waals surface area contributed by atoms with E-state index in [1.807, 2.05) is 36.1 Å². The van der Waals surface area contributed by atoms with E-state index in [0.29, 0.717) is 17.3 Å². The molecule has 3 aliphatic rings. The van der Waals surface area contributed by atoms with E-state index in [0.717, 1.165) is 43.6 Å². The standard InChI is InChI=1S/C24H28N6O2/c1-14-13-26-24(27-18-6-4-5-17(12-18)23(32)30-9-2-3-10-30)29-22(14)28-20-16-8-7-15(11-16)19(20)21(25)31/h4-8,12-13,15-16,19-20H,2-3,9-11H2,1H3,(H2,25,31)(H2,26,27,28,29). The van der Waals surface area contributed by atoms with E-state index < -0.39 is 0 Å². The molecule has 1 aromatic carbocycles. The molecule has 8 heteroatoms. The maximum Gasteiger partial charge on any atom is 0.253 e. The largest absolute Gasteiger partial charge is 0.369 e. The van der Waals surface area contributed by atoms with Crippen LogP contribution in [0.15, 0.2) is 42.6 Å². The maximum atomic E-state index is 12.7. The van der Waals surface area contributed by atoms with Crippen LogP contribution in [-0.4, -0.2) is 45.8 Å². The van der Waals surface area contributed by atoms with Crippen LogP contribution >= 0.6 is 0 Å². The van der Waals surface area contributed by atoms with E-state index in [-0.39, 0.29) is 35.6 Å². The minimum absolute atomic E-state index is 0.0557. The zero-order chi connectivity index (χ0) is 22.2. The van der Waals surface area contributed by atoms with Crippen LogP contribution in [-0.2, 0) is 4.79 Å². The Hall–Kier alpha value is -3.42. The van der Waals surface area contributed by atoms with Gasteiger partial charge in [0.15, 0.2) is 0 Å². The predicted molar refractivity (Wildman–Crippen MR) is 122 cm³/mol. The Labute approximate surface area is 187 Å². The first-order chi connectivity index (χ1) is 15.5. The molecule has 0 spiro atoms. The van der Waals surface area contributed by atoms with Crippen LogP contribution in [0.5, 0.6) is 0 Å². The van der Waals surface area contributed by atoms with E-state index >= 15 is 0 Å². The number of nitrogens with two attached hydrogens (primary N) is 1. The number of aryl methyl sites for hydroxylation is 1. The van der Waals surface area contributed by atoms with Crippen molar-refractivity contribution in [1.82, 2.24) is 14.9 Å². The number of carbonyl (C=O) groups is 2. The first kappa shape index (κ1) is 20.5.